The van der Waals surface area contributed by atoms with Gasteiger partial charge in [-0.05, 0) is 12.5 Å². The van der Waals surface area contributed by atoms with E-state index in [2.05, 4.69) is 16.2 Å². The Morgan fingerprint density at radius 3 is 3.06 bits per heavy atom. The highest BCUT2D eigenvalue weighted by atomic mass is 16.5. The van der Waals surface area contributed by atoms with Crippen molar-refractivity contribution in [1.29, 1.82) is 0 Å². The molecule has 0 saturated carbocycles. The van der Waals surface area contributed by atoms with Crippen molar-refractivity contribution in [2.24, 2.45) is 0 Å². The fourth-order valence-corrected chi connectivity index (χ4v) is 1.52. The van der Waals surface area contributed by atoms with Crippen molar-refractivity contribution in [3.8, 4) is 0 Å². The number of carbonyl (C=O) groups is 1. The Morgan fingerprint density at radius 2 is 2.31 bits per heavy atom. The maximum absolute atomic E-state index is 10.3. The molecule has 0 aliphatic heterocycles. The van der Waals surface area contributed by atoms with Crippen molar-refractivity contribution in [2.45, 2.75) is 19.8 Å². The van der Waals surface area contributed by atoms with Crippen LogP contribution < -0.4 is 0 Å². The highest BCUT2D eigenvalue weighted by molar-refractivity contribution is 5.52. The van der Waals surface area contributed by atoms with Crippen molar-refractivity contribution < 1.29 is 9.32 Å². The van der Waals surface area contributed by atoms with Crippen molar-refractivity contribution in [3.63, 3.8) is 0 Å². The van der Waals surface area contributed by atoms with Crippen LogP contribution in [0.4, 0.5) is 0 Å². The number of nitrogens with zero attached hydrogens (tertiary/aromatic N) is 2. The average molecular weight is 216 g/mol. The third kappa shape index (κ3) is 2.53. The van der Waals surface area contributed by atoms with Gasteiger partial charge in [0.05, 0.1) is 12.8 Å². The number of aromatic nitrogens is 2. The maximum Gasteiger partial charge on any atom is 0.231 e. The van der Waals surface area contributed by atoms with E-state index < -0.39 is 0 Å². The summed E-state index contributed by atoms with van der Waals surface area (Å²) in [7, 11) is 0. The molecule has 4 heteroatoms. The van der Waals surface area contributed by atoms with Crippen LogP contribution in [-0.2, 0) is 17.6 Å². The second kappa shape index (κ2) is 4.70. The van der Waals surface area contributed by atoms with E-state index >= 15 is 0 Å². The van der Waals surface area contributed by atoms with Gasteiger partial charge in [-0.3, -0.25) is 0 Å². The Balaban J connectivity index is 2.11. The summed E-state index contributed by atoms with van der Waals surface area (Å²) in [6, 6.07) is 8.11. The predicted molar refractivity (Wildman–Crippen MR) is 58.1 cm³/mol. The maximum atomic E-state index is 10.3. The molecule has 82 valence electrons. The number of benzene rings is 1. The minimum absolute atomic E-state index is 0.206. The molecular weight excluding hydrogens is 204 g/mol. The number of hydrogen-bond donors (Lipinski definition) is 0. The first kappa shape index (κ1) is 10.5. The molecule has 2 rings (SSSR count). The van der Waals surface area contributed by atoms with E-state index in [0.717, 1.165) is 11.8 Å². The predicted octanol–water partition coefficient (Wildman–Crippen LogP) is 1.71. The lowest BCUT2D eigenvalue weighted by molar-refractivity contribution is -0.107. The second-order valence-electron chi connectivity index (χ2n) is 3.64. The molecular formula is C12H12N2O2. The van der Waals surface area contributed by atoms with Gasteiger partial charge in [-0.15, -0.1) is 0 Å². The number of rotatable bonds is 4. The van der Waals surface area contributed by atoms with Gasteiger partial charge >= 0.3 is 0 Å². The van der Waals surface area contributed by atoms with E-state index in [9.17, 15) is 4.79 Å². The Labute approximate surface area is 93.3 Å². The topological polar surface area (TPSA) is 56.0 Å². The Hall–Kier alpha value is -1.97. The van der Waals surface area contributed by atoms with Crippen LogP contribution in [0.3, 0.4) is 0 Å². The van der Waals surface area contributed by atoms with Gasteiger partial charge in [0, 0.05) is 0 Å². The van der Waals surface area contributed by atoms with Gasteiger partial charge in [-0.2, -0.15) is 4.98 Å². The molecule has 0 aliphatic rings. The van der Waals surface area contributed by atoms with Gasteiger partial charge in [0.15, 0.2) is 5.82 Å². The number of aryl methyl sites for hydroxylation is 1. The highest BCUT2D eigenvalue weighted by Gasteiger charge is 2.06. The van der Waals surface area contributed by atoms with E-state index in [1.807, 2.05) is 25.1 Å². The van der Waals surface area contributed by atoms with Gasteiger partial charge in [-0.1, -0.05) is 35.0 Å². The third-order valence-corrected chi connectivity index (χ3v) is 2.21. The third-order valence-electron chi connectivity index (χ3n) is 2.21. The first-order valence-electron chi connectivity index (χ1n) is 5.08. The van der Waals surface area contributed by atoms with Crippen LogP contribution in [0.5, 0.6) is 0 Å². The molecule has 1 heterocycles. The van der Waals surface area contributed by atoms with Crippen LogP contribution in [-0.4, -0.2) is 16.4 Å². The van der Waals surface area contributed by atoms with E-state index in [1.165, 1.54) is 5.56 Å². The van der Waals surface area contributed by atoms with Crippen molar-refractivity contribution in [2.75, 3.05) is 0 Å². The minimum Gasteiger partial charge on any atom is -0.339 e. The molecule has 2 aromatic rings. The van der Waals surface area contributed by atoms with Crippen molar-refractivity contribution >= 4 is 6.29 Å². The largest absolute Gasteiger partial charge is 0.339 e. The summed E-state index contributed by atoms with van der Waals surface area (Å²) < 4.78 is 5.04. The van der Waals surface area contributed by atoms with Crippen LogP contribution in [0.25, 0.3) is 0 Å². The molecule has 0 amide bonds. The zero-order valence-electron chi connectivity index (χ0n) is 9.01. The number of aldehydes is 1. The summed E-state index contributed by atoms with van der Waals surface area (Å²) in [5.41, 5.74) is 2.33. The lowest BCUT2D eigenvalue weighted by atomic mass is 10.1. The minimum atomic E-state index is 0.206. The smallest absolute Gasteiger partial charge is 0.231 e. The summed E-state index contributed by atoms with van der Waals surface area (Å²) in [5, 5.41) is 3.71. The van der Waals surface area contributed by atoms with E-state index in [-0.39, 0.29) is 6.42 Å². The number of carbonyl (C=O) groups excluding carboxylic acids is 1. The molecule has 0 fully saturated rings. The van der Waals surface area contributed by atoms with Crippen LogP contribution in [0.2, 0.25) is 0 Å². The fourth-order valence-electron chi connectivity index (χ4n) is 1.52. The molecule has 1 aromatic heterocycles. The molecule has 0 aliphatic carbocycles. The van der Waals surface area contributed by atoms with Crippen LogP contribution in [0.1, 0.15) is 22.8 Å². The van der Waals surface area contributed by atoms with E-state index in [0.29, 0.717) is 18.1 Å². The molecule has 0 N–H and O–H groups in total. The fraction of sp³-hybridized carbons (Fsp3) is 0.250. The van der Waals surface area contributed by atoms with E-state index in [4.69, 9.17) is 4.52 Å². The SMILES string of the molecule is Cc1cccc(Cc2nc(CC=O)no2)c1. The lowest BCUT2D eigenvalue weighted by Crippen LogP contribution is -1.91. The molecule has 1 aromatic carbocycles. The lowest BCUT2D eigenvalue weighted by Gasteiger charge is -1.97. The molecule has 0 spiro atoms. The summed E-state index contributed by atoms with van der Waals surface area (Å²) in [5.74, 6) is 0.986. The van der Waals surface area contributed by atoms with Crippen LogP contribution >= 0.6 is 0 Å². The van der Waals surface area contributed by atoms with Gasteiger partial charge in [0.25, 0.3) is 0 Å². The van der Waals surface area contributed by atoms with Crippen LogP contribution in [0.15, 0.2) is 28.8 Å². The Morgan fingerprint density at radius 1 is 1.44 bits per heavy atom. The van der Waals surface area contributed by atoms with Gasteiger partial charge < -0.3 is 9.32 Å². The summed E-state index contributed by atoms with van der Waals surface area (Å²) in [6.07, 6.45) is 1.58. The zero-order valence-corrected chi connectivity index (χ0v) is 9.01. The zero-order chi connectivity index (χ0) is 11.4. The molecule has 0 unspecified atom stereocenters. The Kier molecular flexibility index (Phi) is 3.10. The van der Waals surface area contributed by atoms with Crippen molar-refractivity contribution in [3.05, 3.63) is 47.1 Å². The molecule has 0 radical (unpaired) electrons. The molecule has 4 nitrogen and oxygen atoms in total. The summed E-state index contributed by atoms with van der Waals surface area (Å²) in [4.78, 5) is 14.4. The van der Waals surface area contributed by atoms with Crippen molar-refractivity contribution in [1.82, 2.24) is 10.1 Å². The first-order chi connectivity index (χ1) is 7.78. The Bertz CT molecular complexity index is 491. The second-order valence-corrected chi connectivity index (χ2v) is 3.64. The summed E-state index contributed by atoms with van der Waals surface area (Å²) >= 11 is 0. The molecule has 16 heavy (non-hydrogen) atoms. The average Bonchev–Trinajstić information content (AvgIpc) is 2.66. The van der Waals surface area contributed by atoms with Gasteiger partial charge in [0.2, 0.25) is 5.89 Å². The normalized spacial score (nSPS) is 10.3. The quantitative estimate of drug-likeness (QED) is 0.730. The van der Waals surface area contributed by atoms with Gasteiger partial charge in [0.1, 0.15) is 6.29 Å². The molecule has 0 atom stereocenters. The highest BCUT2D eigenvalue weighted by Crippen LogP contribution is 2.09. The van der Waals surface area contributed by atoms with Gasteiger partial charge in [-0.25, -0.2) is 0 Å². The standard InChI is InChI=1S/C12H12N2O2/c1-9-3-2-4-10(7-9)8-12-13-11(5-6-15)14-16-12/h2-4,6-7H,5,8H2,1H3. The summed E-state index contributed by atoms with van der Waals surface area (Å²) in [6.45, 7) is 2.04. The monoisotopic (exact) mass is 216 g/mol. The molecule has 0 bridgehead atoms. The van der Waals surface area contributed by atoms with E-state index in [1.54, 1.807) is 0 Å². The molecule has 0 saturated heterocycles. The van der Waals surface area contributed by atoms with Crippen LogP contribution in [0, 0.1) is 6.92 Å². The first-order valence-corrected chi connectivity index (χ1v) is 5.08. The number of hydrogen-bond acceptors (Lipinski definition) is 4.